The van der Waals surface area contributed by atoms with Crippen LogP contribution in [0.4, 0.5) is 17.6 Å². The monoisotopic (exact) mass is 496 g/mol. The van der Waals surface area contributed by atoms with Gasteiger partial charge in [-0.15, -0.1) is 11.8 Å². The molecule has 0 unspecified atom stereocenters. The highest BCUT2D eigenvalue weighted by molar-refractivity contribution is 8.00. The molecule has 1 aliphatic heterocycles. The summed E-state index contributed by atoms with van der Waals surface area (Å²) in [5.41, 5.74) is -1.11. The second kappa shape index (κ2) is 9.35. The molecule has 0 aliphatic carbocycles. The van der Waals surface area contributed by atoms with E-state index in [1.54, 1.807) is 12.1 Å². The van der Waals surface area contributed by atoms with E-state index in [1.807, 2.05) is 0 Å². The van der Waals surface area contributed by atoms with Crippen molar-refractivity contribution in [2.45, 2.75) is 16.0 Å². The van der Waals surface area contributed by atoms with Crippen molar-refractivity contribution in [2.75, 3.05) is 31.9 Å². The van der Waals surface area contributed by atoms with E-state index in [1.165, 1.54) is 28.8 Å². The lowest BCUT2D eigenvalue weighted by atomic mass is 10.2. The lowest BCUT2D eigenvalue weighted by Crippen LogP contribution is -2.51. The van der Waals surface area contributed by atoms with Gasteiger partial charge in [-0.1, -0.05) is 11.6 Å². The Morgan fingerprint density at radius 2 is 1.65 bits per heavy atom. The number of hydrogen-bond donors (Lipinski definition) is 0. The van der Waals surface area contributed by atoms with Crippen LogP contribution in [0.25, 0.3) is 0 Å². The van der Waals surface area contributed by atoms with Crippen LogP contribution in [-0.2, 0) is 21.0 Å². The van der Waals surface area contributed by atoms with Gasteiger partial charge in [0, 0.05) is 31.1 Å². The van der Waals surface area contributed by atoms with E-state index in [-0.39, 0.29) is 48.7 Å². The lowest BCUT2D eigenvalue weighted by molar-refractivity contribution is -0.137. The van der Waals surface area contributed by atoms with Crippen LogP contribution in [0.5, 0.6) is 0 Å². The van der Waals surface area contributed by atoms with E-state index in [4.69, 9.17) is 11.6 Å². The van der Waals surface area contributed by atoms with Gasteiger partial charge >= 0.3 is 6.18 Å². The number of alkyl halides is 3. The van der Waals surface area contributed by atoms with Crippen molar-refractivity contribution in [3.63, 3.8) is 0 Å². The molecule has 0 N–H and O–H groups in total. The molecule has 1 aliphatic rings. The minimum Gasteiger partial charge on any atom is -0.339 e. The Balaban J connectivity index is 1.63. The zero-order chi connectivity index (χ0) is 22.8. The van der Waals surface area contributed by atoms with E-state index in [9.17, 15) is 30.8 Å². The maximum atomic E-state index is 13.0. The highest BCUT2D eigenvalue weighted by atomic mass is 35.5. The van der Waals surface area contributed by atoms with Gasteiger partial charge in [0.05, 0.1) is 16.3 Å². The second-order valence-electron chi connectivity index (χ2n) is 6.67. The van der Waals surface area contributed by atoms with Gasteiger partial charge in [0.2, 0.25) is 15.9 Å². The number of sulfonamides is 1. The van der Waals surface area contributed by atoms with Crippen LogP contribution < -0.4 is 0 Å². The largest absolute Gasteiger partial charge is 0.416 e. The molecule has 3 rings (SSSR count). The molecule has 1 amide bonds. The average Bonchev–Trinajstić information content (AvgIpc) is 2.72. The topological polar surface area (TPSA) is 57.7 Å². The molecule has 1 fully saturated rings. The van der Waals surface area contributed by atoms with Crippen LogP contribution in [0.2, 0.25) is 5.02 Å². The number of rotatable bonds is 5. The lowest BCUT2D eigenvalue weighted by Gasteiger charge is -2.34. The normalized spacial score (nSPS) is 15.8. The van der Waals surface area contributed by atoms with Crippen molar-refractivity contribution in [3.05, 3.63) is 58.9 Å². The zero-order valence-corrected chi connectivity index (χ0v) is 18.3. The van der Waals surface area contributed by atoms with Crippen LogP contribution in [0, 0.1) is 5.82 Å². The predicted octanol–water partition coefficient (Wildman–Crippen LogP) is 4.12. The van der Waals surface area contributed by atoms with Crippen molar-refractivity contribution in [2.24, 2.45) is 0 Å². The molecule has 168 valence electrons. The molecule has 0 spiro atoms. The third-order valence-corrected chi connectivity index (χ3v) is 8.02. The van der Waals surface area contributed by atoms with Crippen molar-refractivity contribution in [3.8, 4) is 0 Å². The average molecular weight is 497 g/mol. The molecule has 2 aromatic carbocycles. The minimum atomic E-state index is -4.71. The number of hydrogen-bond acceptors (Lipinski definition) is 4. The molecule has 1 heterocycles. The number of nitrogens with zero attached hydrogens (tertiary/aromatic N) is 2. The summed E-state index contributed by atoms with van der Waals surface area (Å²) in [4.78, 5) is 14.0. The first-order valence-corrected chi connectivity index (χ1v) is 11.8. The first-order valence-electron chi connectivity index (χ1n) is 9.01. The Hall–Kier alpha value is -1.82. The summed E-state index contributed by atoms with van der Waals surface area (Å²) in [6.45, 7) is 0.0565. The summed E-state index contributed by atoms with van der Waals surface area (Å²) in [6, 6.07) is 7.83. The Morgan fingerprint density at radius 3 is 2.23 bits per heavy atom. The number of carbonyl (C=O) groups excluding carboxylic acids is 1. The Bertz CT molecular complexity index is 1050. The molecular weight excluding hydrogens is 480 g/mol. The van der Waals surface area contributed by atoms with E-state index in [2.05, 4.69) is 0 Å². The number of carbonyl (C=O) groups is 1. The number of halogens is 5. The van der Waals surface area contributed by atoms with E-state index < -0.39 is 26.7 Å². The fourth-order valence-corrected chi connectivity index (χ4v) is 5.69. The number of amides is 1. The summed E-state index contributed by atoms with van der Waals surface area (Å²) in [6.07, 6.45) is -4.71. The fourth-order valence-electron chi connectivity index (χ4n) is 2.96. The van der Waals surface area contributed by atoms with E-state index in [0.717, 1.165) is 21.3 Å². The molecule has 0 radical (unpaired) electrons. The van der Waals surface area contributed by atoms with Crippen molar-refractivity contribution >= 4 is 39.3 Å². The van der Waals surface area contributed by atoms with Crippen LogP contribution in [0.3, 0.4) is 0 Å². The molecule has 5 nitrogen and oxygen atoms in total. The Morgan fingerprint density at radius 1 is 1.03 bits per heavy atom. The van der Waals surface area contributed by atoms with Crippen LogP contribution >= 0.6 is 23.4 Å². The first-order chi connectivity index (χ1) is 14.5. The molecule has 0 aromatic heterocycles. The molecule has 0 atom stereocenters. The van der Waals surface area contributed by atoms with Crippen LogP contribution in [0.15, 0.2) is 52.3 Å². The third-order valence-electron chi connectivity index (χ3n) is 4.64. The maximum absolute atomic E-state index is 13.0. The zero-order valence-electron chi connectivity index (χ0n) is 15.9. The SMILES string of the molecule is O=C(CSc1ccc(F)cc1)N1CCN(S(=O)(=O)c2cc(C(F)(F)F)ccc2Cl)CC1. The van der Waals surface area contributed by atoms with Crippen molar-refractivity contribution in [1.29, 1.82) is 0 Å². The van der Waals surface area contributed by atoms with Gasteiger partial charge in [0.15, 0.2) is 0 Å². The van der Waals surface area contributed by atoms with E-state index >= 15 is 0 Å². The molecule has 12 heteroatoms. The summed E-state index contributed by atoms with van der Waals surface area (Å²) in [7, 11) is -4.26. The molecule has 0 saturated carbocycles. The molecule has 2 aromatic rings. The number of benzene rings is 2. The first kappa shape index (κ1) is 23.8. The van der Waals surface area contributed by atoms with Gasteiger partial charge in [-0.25, -0.2) is 12.8 Å². The van der Waals surface area contributed by atoms with Crippen LogP contribution in [0.1, 0.15) is 5.56 Å². The maximum Gasteiger partial charge on any atom is 0.416 e. The molecule has 1 saturated heterocycles. The van der Waals surface area contributed by atoms with Crippen molar-refractivity contribution in [1.82, 2.24) is 9.21 Å². The summed E-state index contributed by atoms with van der Waals surface area (Å²) < 4.78 is 78.5. The second-order valence-corrected chi connectivity index (χ2v) is 10.0. The molecule has 0 bridgehead atoms. The third kappa shape index (κ3) is 5.71. The minimum absolute atomic E-state index is 0.0676. The van der Waals surface area contributed by atoms with Gasteiger partial charge in [0.1, 0.15) is 10.7 Å². The number of thioether (sulfide) groups is 1. The Labute approximate surface area is 186 Å². The van der Waals surface area contributed by atoms with Gasteiger partial charge in [-0.3, -0.25) is 4.79 Å². The summed E-state index contributed by atoms with van der Waals surface area (Å²) >= 11 is 7.10. The van der Waals surface area contributed by atoms with Crippen molar-refractivity contribution < 1.29 is 30.8 Å². The van der Waals surface area contributed by atoms with Gasteiger partial charge in [-0.2, -0.15) is 17.5 Å². The predicted molar refractivity (Wildman–Crippen MR) is 109 cm³/mol. The summed E-state index contributed by atoms with van der Waals surface area (Å²) in [5.74, 6) is -0.505. The highest BCUT2D eigenvalue weighted by Gasteiger charge is 2.35. The van der Waals surface area contributed by atoms with Gasteiger partial charge in [-0.05, 0) is 42.5 Å². The Kier molecular flexibility index (Phi) is 7.19. The molecule has 31 heavy (non-hydrogen) atoms. The highest BCUT2D eigenvalue weighted by Crippen LogP contribution is 2.34. The van der Waals surface area contributed by atoms with Crippen LogP contribution in [-0.4, -0.2) is 55.5 Å². The fraction of sp³-hybridized carbons (Fsp3) is 0.316. The molecular formula is C19H17ClF4N2O3S2. The van der Waals surface area contributed by atoms with E-state index in [0.29, 0.717) is 6.07 Å². The standard InChI is InChI=1S/C19H17ClF4N2O3S2/c20-16-6-1-13(19(22,23)24)11-17(16)31(28,29)26-9-7-25(8-10-26)18(27)12-30-15-4-2-14(21)3-5-15/h1-6,11H,7-10,12H2. The van der Waals surface area contributed by atoms with Gasteiger partial charge < -0.3 is 4.90 Å². The quantitative estimate of drug-likeness (QED) is 0.461. The smallest absolute Gasteiger partial charge is 0.339 e. The van der Waals surface area contributed by atoms with Gasteiger partial charge in [0.25, 0.3) is 0 Å². The number of piperazine rings is 1. The summed E-state index contributed by atoms with van der Waals surface area (Å²) in [5, 5.41) is -0.304.